The minimum Gasteiger partial charge on any atom is -0.353 e. The fraction of sp³-hybridized carbons (Fsp3) is 0.941. The Bertz CT molecular complexity index is 299. The molecule has 0 aromatic rings. The molecule has 2 fully saturated rings. The van der Waals surface area contributed by atoms with Crippen molar-refractivity contribution < 1.29 is 4.79 Å². The van der Waals surface area contributed by atoms with Crippen molar-refractivity contribution >= 4 is 5.91 Å². The zero-order valence-corrected chi connectivity index (χ0v) is 13.3. The predicted octanol–water partition coefficient (Wildman–Crippen LogP) is 3.24. The average Bonchev–Trinajstić information content (AvgIpc) is 2.49. The van der Waals surface area contributed by atoms with Gasteiger partial charge in [0.1, 0.15) is 0 Å². The van der Waals surface area contributed by atoms with Gasteiger partial charge in [0.15, 0.2) is 0 Å². The molecular weight excluding hydrogens is 248 g/mol. The van der Waals surface area contributed by atoms with Crippen molar-refractivity contribution in [3.8, 4) is 0 Å². The number of carbonyl (C=O) groups is 1. The smallest absolute Gasteiger partial charge is 0.226 e. The number of hydrogen-bond donors (Lipinski definition) is 2. The van der Waals surface area contributed by atoms with E-state index in [1.165, 1.54) is 32.1 Å². The topological polar surface area (TPSA) is 41.1 Å². The summed E-state index contributed by atoms with van der Waals surface area (Å²) >= 11 is 0. The molecule has 1 heterocycles. The molecule has 2 rings (SSSR count). The molecule has 0 aromatic carbocycles. The zero-order valence-electron chi connectivity index (χ0n) is 13.3. The summed E-state index contributed by atoms with van der Waals surface area (Å²) in [6, 6.07) is 0.353. The van der Waals surface area contributed by atoms with E-state index in [0.717, 1.165) is 38.8 Å². The lowest BCUT2D eigenvalue weighted by atomic mass is 9.74. The van der Waals surface area contributed by atoms with Crippen molar-refractivity contribution in [2.24, 2.45) is 11.3 Å². The number of amides is 1. The summed E-state index contributed by atoms with van der Waals surface area (Å²) in [7, 11) is 0. The number of piperidine rings is 1. The summed E-state index contributed by atoms with van der Waals surface area (Å²) in [5.74, 6) is 1.03. The first-order valence-electron chi connectivity index (χ1n) is 8.69. The highest BCUT2D eigenvalue weighted by Gasteiger charge is 2.39. The fourth-order valence-electron chi connectivity index (χ4n) is 4.09. The lowest BCUT2D eigenvalue weighted by Gasteiger charge is -2.38. The second-order valence-electron chi connectivity index (χ2n) is 6.94. The van der Waals surface area contributed by atoms with Gasteiger partial charge in [-0.2, -0.15) is 0 Å². The molecule has 1 aliphatic heterocycles. The van der Waals surface area contributed by atoms with Gasteiger partial charge >= 0.3 is 0 Å². The maximum atomic E-state index is 12.8. The van der Waals surface area contributed by atoms with Crippen LogP contribution in [0.1, 0.15) is 71.6 Å². The number of carbonyl (C=O) groups excluding carboxylic acids is 1. The van der Waals surface area contributed by atoms with Gasteiger partial charge in [-0.05, 0) is 58.0 Å². The summed E-state index contributed by atoms with van der Waals surface area (Å²) in [5, 5.41) is 6.77. The largest absolute Gasteiger partial charge is 0.353 e. The van der Waals surface area contributed by atoms with Gasteiger partial charge in [-0.15, -0.1) is 0 Å². The van der Waals surface area contributed by atoms with E-state index in [1.807, 2.05) is 0 Å². The number of nitrogens with one attached hydrogen (secondary N) is 2. The monoisotopic (exact) mass is 280 g/mol. The first-order chi connectivity index (χ1) is 9.68. The Labute approximate surface area is 124 Å². The van der Waals surface area contributed by atoms with Crippen LogP contribution in [-0.2, 0) is 4.79 Å². The van der Waals surface area contributed by atoms with Crippen LogP contribution in [0, 0.1) is 11.3 Å². The Kier molecular flexibility index (Phi) is 5.88. The standard InChI is InChI=1S/C17H32N2O/c1-3-9-17(10-12-18-13-11-17)16(20)19-14(2)15-7-5-4-6-8-15/h14-15,18H,3-13H2,1-2H3,(H,19,20)/t14-/m0/s1. The molecule has 20 heavy (non-hydrogen) atoms. The quantitative estimate of drug-likeness (QED) is 0.811. The summed E-state index contributed by atoms with van der Waals surface area (Å²) < 4.78 is 0. The third-order valence-corrected chi connectivity index (χ3v) is 5.49. The molecule has 1 saturated heterocycles. The molecule has 3 nitrogen and oxygen atoms in total. The average molecular weight is 280 g/mol. The molecule has 0 unspecified atom stereocenters. The first-order valence-corrected chi connectivity index (χ1v) is 8.69. The summed E-state index contributed by atoms with van der Waals surface area (Å²) in [5.41, 5.74) is -0.0943. The Hall–Kier alpha value is -0.570. The summed E-state index contributed by atoms with van der Waals surface area (Å²) in [4.78, 5) is 12.8. The van der Waals surface area contributed by atoms with Crippen molar-refractivity contribution in [1.29, 1.82) is 0 Å². The summed E-state index contributed by atoms with van der Waals surface area (Å²) in [6.07, 6.45) is 10.8. The molecule has 0 aromatic heterocycles. The van der Waals surface area contributed by atoms with Gasteiger partial charge in [0.25, 0.3) is 0 Å². The Balaban J connectivity index is 1.93. The molecule has 116 valence electrons. The van der Waals surface area contributed by atoms with E-state index in [2.05, 4.69) is 24.5 Å². The van der Waals surface area contributed by atoms with E-state index >= 15 is 0 Å². The van der Waals surface area contributed by atoms with Crippen LogP contribution in [0.3, 0.4) is 0 Å². The minimum absolute atomic E-state index is 0.0943. The van der Waals surface area contributed by atoms with Gasteiger partial charge < -0.3 is 10.6 Å². The lowest BCUT2D eigenvalue weighted by molar-refractivity contribution is -0.134. The molecule has 3 heteroatoms. The molecular formula is C17H32N2O. The molecule has 1 saturated carbocycles. The van der Waals surface area contributed by atoms with Gasteiger partial charge in [0, 0.05) is 6.04 Å². The molecule has 0 spiro atoms. The van der Waals surface area contributed by atoms with Crippen LogP contribution < -0.4 is 10.6 Å². The van der Waals surface area contributed by atoms with Crippen LogP contribution in [0.2, 0.25) is 0 Å². The second kappa shape index (κ2) is 7.44. The highest BCUT2D eigenvalue weighted by molar-refractivity contribution is 5.83. The predicted molar refractivity (Wildman–Crippen MR) is 83.6 cm³/mol. The van der Waals surface area contributed by atoms with E-state index in [-0.39, 0.29) is 5.41 Å². The van der Waals surface area contributed by atoms with E-state index in [9.17, 15) is 4.79 Å². The maximum Gasteiger partial charge on any atom is 0.226 e. The second-order valence-corrected chi connectivity index (χ2v) is 6.94. The van der Waals surface area contributed by atoms with Crippen molar-refractivity contribution in [3.05, 3.63) is 0 Å². The minimum atomic E-state index is -0.0943. The van der Waals surface area contributed by atoms with Crippen LogP contribution in [0.25, 0.3) is 0 Å². The molecule has 2 N–H and O–H groups in total. The maximum absolute atomic E-state index is 12.8. The van der Waals surface area contributed by atoms with E-state index < -0.39 is 0 Å². The van der Waals surface area contributed by atoms with Crippen molar-refractivity contribution in [2.45, 2.75) is 77.7 Å². The van der Waals surface area contributed by atoms with Crippen molar-refractivity contribution in [3.63, 3.8) is 0 Å². The van der Waals surface area contributed by atoms with Crippen LogP contribution in [-0.4, -0.2) is 25.0 Å². The fourth-order valence-corrected chi connectivity index (χ4v) is 4.09. The highest BCUT2D eigenvalue weighted by Crippen LogP contribution is 2.35. The zero-order chi connectivity index (χ0) is 14.4. The lowest BCUT2D eigenvalue weighted by Crippen LogP contribution is -2.51. The van der Waals surface area contributed by atoms with E-state index in [4.69, 9.17) is 0 Å². The van der Waals surface area contributed by atoms with E-state index in [0.29, 0.717) is 17.9 Å². The number of hydrogen-bond acceptors (Lipinski definition) is 2. The Morgan fingerprint density at radius 1 is 1.25 bits per heavy atom. The third kappa shape index (κ3) is 3.75. The van der Waals surface area contributed by atoms with Gasteiger partial charge in [-0.3, -0.25) is 4.79 Å². The van der Waals surface area contributed by atoms with Gasteiger partial charge in [0.05, 0.1) is 5.41 Å². The molecule has 0 radical (unpaired) electrons. The number of rotatable bonds is 5. The van der Waals surface area contributed by atoms with Crippen LogP contribution in [0.15, 0.2) is 0 Å². The van der Waals surface area contributed by atoms with E-state index in [1.54, 1.807) is 0 Å². The normalized spacial score (nSPS) is 25.1. The van der Waals surface area contributed by atoms with Crippen molar-refractivity contribution in [2.75, 3.05) is 13.1 Å². The van der Waals surface area contributed by atoms with Crippen LogP contribution in [0.5, 0.6) is 0 Å². The third-order valence-electron chi connectivity index (χ3n) is 5.49. The van der Waals surface area contributed by atoms with Gasteiger partial charge in [0.2, 0.25) is 5.91 Å². The van der Waals surface area contributed by atoms with Crippen LogP contribution >= 0.6 is 0 Å². The Morgan fingerprint density at radius 2 is 1.90 bits per heavy atom. The SMILES string of the molecule is CCCC1(C(=O)N[C@@H](C)C2CCCCC2)CCNCC1. The van der Waals surface area contributed by atoms with Crippen molar-refractivity contribution in [1.82, 2.24) is 10.6 Å². The molecule has 2 aliphatic rings. The molecule has 1 atom stereocenters. The van der Waals surface area contributed by atoms with Crippen LogP contribution in [0.4, 0.5) is 0 Å². The highest BCUT2D eigenvalue weighted by atomic mass is 16.2. The molecule has 1 amide bonds. The first kappa shape index (κ1) is 15.8. The molecule has 0 bridgehead atoms. The Morgan fingerprint density at radius 3 is 2.50 bits per heavy atom. The summed E-state index contributed by atoms with van der Waals surface area (Å²) in [6.45, 7) is 6.40. The molecule has 1 aliphatic carbocycles. The van der Waals surface area contributed by atoms with Gasteiger partial charge in [-0.25, -0.2) is 0 Å². The van der Waals surface area contributed by atoms with Gasteiger partial charge in [-0.1, -0.05) is 32.6 Å².